The van der Waals surface area contributed by atoms with Crippen LogP contribution in [0.1, 0.15) is 12.5 Å². The second-order valence-electron chi connectivity index (χ2n) is 2.84. The lowest BCUT2D eigenvalue weighted by molar-refractivity contribution is 0.601. The van der Waals surface area contributed by atoms with Crippen LogP contribution in [-0.4, -0.2) is 13.1 Å². The lowest BCUT2D eigenvalue weighted by Gasteiger charge is -2.03. The number of likely N-dealkylation sites (N-methyl/N-ethyl adjacent to an activating group) is 1. The molecule has 0 saturated carbocycles. The number of halogens is 2. The fraction of sp³-hybridized carbons (Fsp3) is 0.400. The monoisotopic (exact) mass is 201 g/mol. The van der Waals surface area contributed by atoms with E-state index in [9.17, 15) is 4.39 Å². The fourth-order valence-corrected chi connectivity index (χ4v) is 1.28. The van der Waals surface area contributed by atoms with Gasteiger partial charge in [0.05, 0.1) is 0 Å². The molecular formula is C10H13ClFN. The molecule has 0 atom stereocenters. The summed E-state index contributed by atoms with van der Waals surface area (Å²) in [5.41, 5.74) is 0.713. The van der Waals surface area contributed by atoms with Crippen LogP contribution in [0.15, 0.2) is 18.2 Å². The van der Waals surface area contributed by atoms with Gasteiger partial charge in [0.2, 0.25) is 0 Å². The van der Waals surface area contributed by atoms with Crippen molar-refractivity contribution >= 4 is 11.6 Å². The van der Waals surface area contributed by atoms with Crippen molar-refractivity contribution < 1.29 is 4.39 Å². The van der Waals surface area contributed by atoms with Gasteiger partial charge in [-0.05, 0) is 37.2 Å². The summed E-state index contributed by atoms with van der Waals surface area (Å²) in [5, 5.41) is 3.59. The summed E-state index contributed by atoms with van der Waals surface area (Å²) in [6.07, 6.45) is 0.705. The van der Waals surface area contributed by atoms with E-state index in [0.29, 0.717) is 17.0 Å². The minimum absolute atomic E-state index is 0.217. The second-order valence-corrected chi connectivity index (χ2v) is 3.28. The maximum absolute atomic E-state index is 13.2. The second kappa shape index (κ2) is 5.20. The largest absolute Gasteiger partial charge is 0.317 e. The molecular weight excluding hydrogens is 189 g/mol. The van der Waals surface area contributed by atoms with E-state index in [1.807, 2.05) is 6.92 Å². The molecule has 0 aromatic heterocycles. The molecule has 0 heterocycles. The van der Waals surface area contributed by atoms with Crippen molar-refractivity contribution in [3.63, 3.8) is 0 Å². The van der Waals surface area contributed by atoms with Gasteiger partial charge in [0, 0.05) is 5.02 Å². The molecule has 13 heavy (non-hydrogen) atoms. The molecule has 1 nitrogen and oxygen atoms in total. The van der Waals surface area contributed by atoms with Gasteiger partial charge in [0.1, 0.15) is 5.82 Å². The van der Waals surface area contributed by atoms with E-state index in [-0.39, 0.29) is 5.82 Å². The molecule has 1 N–H and O–H groups in total. The van der Waals surface area contributed by atoms with E-state index in [4.69, 9.17) is 11.6 Å². The average molecular weight is 202 g/mol. The number of nitrogens with one attached hydrogen (secondary N) is 1. The van der Waals surface area contributed by atoms with Crippen molar-refractivity contribution in [2.24, 2.45) is 0 Å². The van der Waals surface area contributed by atoms with Crippen LogP contribution in [0.4, 0.5) is 4.39 Å². The lowest BCUT2D eigenvalue weighted by atomic mass is 10.1. The molecule has 72 valence electrons. The normalized spacial score (nSPS) is 10.4. The molecule has 0 amide bonds. The summed E-state index contributed by atoms with van der Waals surface area (Å²) < 4.78 is 13.2. The van der Waals surface area contributed by atoms with Gasteiger partial charge < -0.3 is 5.32 Å². The highest BCUT2D eigenvalue weighted by molar-refractivity contribution is 6.30. The third-order valence-corrected chi connectivity index (χ3v) is 2.07. The average Bonchev–Trinajstić information content (AvgIpc) is 2.09. The maximum atomic E-state index is 13.2. The van der Waals surface area contributed by atoms with Crippen LogP contribution in [0.5, 0.6) is 0 Å². The summed E-state index contributed by atoms with van der Waals surface area (Å²) in [4.78, 5) is 0. The molecule has 0 unspecified atom stereocenters. The van der Waals surface area contributed by atoms with E-state index in [1.165, 1.54) is 6.07 Å². The summed E-state index contributed by atoms with van der Waals surface area (Å²) in [7, 11) is 0. The highest BCUT2D eigenvalue weighted by Crippen LogP contribution is 2.14. The van der Waals surface area contributed by atoms with Crippen molar-refractivity contribution in [1.82, 2.24) is 5.32 Å². The Morgan fingerprint density at radius 1 is 1.46 bits per heavy atom. The Labute approximate surface area is 82.9 Å². The van der Waals surface area contributed by atoms with Crippen LogP contribution in [0.3, 0.4) is 0 Å². The molecule has 0 saturated heterocycles. The van der Waals surface area contributed by atoms with Gasteiger partial charge in [-0.25, -0.2) is 4.39 Å². The van der Waals surface area contributed by atoms with Crippen molar-refractivity contribution in [3.05, 3.63) is 34.6 Å². The predicted molar refractivity (Wildman–Crippen MR) is 53.7 cm³/mol. The minimum Gasteiger partial charge on any atom is -0.317 e. The first-order chi connectivity index (χ1) is 6.24. The first-order valence-corrected chi connectivity index (χ1v) is 4.76. The number of hydrogen-bond acceptors (Lipinski definition) is 1. The van der Waals surface area contributed by atoms with E-state index < -0.39 is 0 Å². The fourth-order valence-electron chi connectivity index (χ4n) is 1.12. The SMILES string of the molecule is CCNCCc1ccc(Cl)cc1F. The van der Waals surface area contributed by atoms with Gasteiger partial charge in [-0.15, -0.1) is 0 Å². The molecule has 3 heteroatoms. The van der Waals surface area contributed by atoms with Crippen LogP contribution in [0.25, 0.3) is 0 Å². The molecule has 0 aliphatic heterocycles. The van der Waals surface area contributed by atoms with Gasteiger partial charge >= 0.3 is 0 Å². The van der Waals surface area contributed by atoms with E-state index in [2.05, 4.69) is 5.32 Å². The summed E-state index contributed by atoms with van der Waals surface area (Å²) >= 11 is 5.62. The zero-order valence-corrected chi connectivity index (χ0v) is 8.37. The number of rotatable bonds is 4. The standard InChI is InChI=1S/C10H13ClFN/c1-2-13-6-5-8-3-4-9(11)7-10(8)12/h3-4,7,13H,2,5-6H2,1H3. The quantitative estimate of drug-likeness (QED) is 0.739. The maximum Gasteiger partial charge on any atom is 0.127 e. The molecule has 0 radical (unpaired) electrons. The topological polar surface area (TPSA) is 12.0 Å². The van der Waals surface area contributed by atoms with Crippen LogP contribution < -0.4 is 5.32 Å². The molecule has 1 aromatic carbocycles. The first-order valence-electron chi connectivity index (χ1n) is 4.38. The van der Waals surface area contributed by atoms with Gasteiger partial charge in [-0.2, -0.15) is 0 Å². The van der Waals surface area contributed by atoms with E-state index >= 15 is 0 Å². The van der Waals surface area contributed by atoms with Gasteiger partial charge in [0.15, 0.2) is 0 Å². The minimum atomic E-state index is -0.217. The Kier molecular flexibility index (Phi) is 4.19. The number of benzene rings is 1. The molecule has 0 aliphatic rings. The third-order valence-electron chi connectivity index (χ3n) is 1.84. The summed E-state index contributed by atoms with van der Waals surface area (Å²) in [5.74, 6) is -0.217. The van der Waals surface area contributed by atoms with Crippen LogP contribution in [0, 0.1) is 5.82 Å². The van der Waals surface area contributed by atoms with Crippen molar-refractivity contribution in [1.29, 1.82) is 0 Å². The highest BCUT2D eigenvalue weighted by atomic mass is 35.5. The molecule has 0 spiro atoms. The lowest BCUT2D eigenvalue weighted by Crippen LogP contribution is -2.16. The van der Waals surface area contributed by atoms with Gasteiger partial charge in [0.25, 0.3) is 0 Å². The van der Waals surface area contributed by atoms with E-state index in [0.717, 1.165) is 13.1 Å². The predicted octanol–water partition coefficient (Wildman–Crippen LogP) is 2.63. The zero-order valence-electron chi connectivity index (χ0n) is 7.61. The van der Waals surface area contributed by atoms with E-state index in [1.54, 1.807) is 12.1 Å². The Balaban J connectivity index is 2.56. The van der Waals surface area contributed by atoms with Crippen molar-refractivity contribution in [2.75, 3.05) is 13.1 Å². The highest BCUT2D eigenvalue weighted by Gasteiger charge is 2.01. The Bertz CT molecular complexity index is 276. The van der Waals surface area contributed by atoms with Crippen molar-refractivity contribution in [2.45, 2.75) is 13.3 Å². The van der Waals surface area contributed by atoms with Crippen molar-refractivity contribution in [3.8, 4) is 0 Å². The van der Waals surface area contributed by atoms with Crippen LogP contribution >= 0.6 is 11.6 Å². The molecule has 1 aromatic rings. The molecule has 0 aliphatic carbocycles. The van der Waals surface area contributed by atoms with Crippen LogP contribution in [0.2, 0.25) is 5.02 Å². The zero-order chi connectivity index (χ0) is 9.68. The molecule has 1 rings (SSSR count). The van der Waals surface area contributed by atoms with Gasteiger partial charge in [-0.3, -0.25) is 0 Å². The summed E-state index contributed by atoms with van der Waals surface area (Å²) in [6.45, 7) is 3.74. The van der Waals surface area contributed by atoms with Gasteiger partial charge in [-0.1, -0.05) is 24.6 Å². The molecule has 0 bridgehead atoms. The first kappa shape index (κ1) is 10.5. The van der Waals surface area contributed by atoms with Crippen LogP contribution in [-0.2, 0) is 6.42 Å². The summed E-state index contributed by atoms with van der Waals surface area (Å²) in [6, 6.07) is 4.80. The Morgan fingerprint density at radius 2 is 2.23 bits per heavy atom. The third kappa shape index (κ3) is 3.33. The Hall–Kier alpha value is -0.600. The molecule has 0 fully saturated rings. The number of hydrogen-bond donors (Lipinski definition) is 1. The smallest absolute Gasteiger partial charge is 0.127 e. The Morgan fingerprint density at radius 3 is 2.85 bits per heavy atom.